The van der Waals surface area contributed by atoms with Crippen LogP contribution in [0, 0.1) is 6.92 Å². The van der Waals surface area contributed by atoms with Crippen molar-refractivity contribution in [3.63, 3.8) is 0 Å². The smallest absolute Gasteiger partial charge is 0.306 e. The van der Waals surface area contributed by atoms with Gasteiger partial charge in [-0.1, -0.05) is 23.7 Å². The highest BCUT2D eigenvalue weighted by atomic mass is 35.5. The number of aromatic nitrogens is 2. The highest BCUT2D eigenvalue weighted by molar-refractivity contribution is 6.30. The van der Waals surface area contributed by atoms with Gasteiger partial charge in [-0.3, -0.25) is 0 Å². The number of nitrogens with one attached hydrogen (secondary N) is 2. The summed E-state index contributed by atoms with van der Waals surface area (Å²) in [6.45, 7) is 2.01. The number of imidazole rings is 1. The number of benzene rings is 2. The molecule has 0 aliphatic carbocycles. The monoisotopic (exact) mass is 258 g/mol. The summed E-state index contributed by atoms with van der Waals surface area (Å²) in [6.07, 6.45) is 0. The number of hydrogen-bond donors (Lipinski definition) is 2. The minimum absolute atomic E-state index is 0.187. The Hall–Kier alpha value is -2.00. The largest absolute Gasteiger partial charge is 0.323 e. The molecule has 2 aromatic carbocycles. The van der Waals surface area contributed by atoms with E-state index in [1.807, 2.05) is 43.3 Å². The molecular weight excluding hydrogens is 248 g/mol. The van der Waals surface area contributed by atoms with Gasteiger partial charge in [0.2, 0.25) is 0 Å². The van der Waals surface area contributed by atoms with Crippen molar-refractivity contribution in [2.45, 2.75) is 6.92 Å². The normalized spacial score (nSPS) is 11.0. The summed E-state index contributed by atoms with van der Waals surface area (Å²) in [7, 11) is 0. The summed E-state index contributed by atoms with van der Waals surface area (Å²) < 4.78 is 0. The average molecular weight is 259 g/mol. The van der Waals surface area contributed by atoms with Crippen molar-refractivity contribution >= 4 is 22.6 Å². The second-order valence-corrected chi connectivity index (χ2v) is 4.74. The van der Waals surface area contributed by atoms with Crippen LogP contribution >= 0.6 is 11.6 Å². The number of aromatic amines is 2. The van der Waals surface area contributed by atoms with Crippen LogP contribution in [0.2, 0.25) is 5.02 Å². The molecule has 1 heterocycles. The molecule has 3 aromatic rings. The molecule has 0 radical (unpaired) electrons. The number of hydrogen-bond acceptors (Lipinski definition) is 1. The number of aryl methyl sites for hydroxylation is 1. The molecule has 1 aromatic heterocycles. The lowest BCUT2D eigenvalue weighted by Crippen LogP contribution is -1.99. The van der Waals surface area contributed by atoms with E-state index in [2.05, 4.69) is 9.97 Å². The highest BCUT2D eigenvalue weighted by Crippen LogP contribution is 2.28. The van der Waals surface area contributed by atoms with Gasteiger partial charge in [0.15, 0.2) is 0 Å². The Morgan fingerprint density at radius 3 is 2.50 bits per heavy atom. The Balaban J connectivity index is 2.28. The van der Waals surface area contributed by atoms with Gasteiger partial charge in [0.05, 0.1) is 11.0 Å². The van der Waals surface area contributed by atoms with Gasteiger partial charge in [-0.15, -0.1) is 0 Å². The van der Waals surface area contributed by atoms with Crippen molar-refractivity contribution in [2.24, 2.45) is 0 Å². The lowest BCUT2D eigenvalue weighted by molar-refractivity contribution is 1.21. The van der Waals surface area contributed by atoms with Crippen LogP contribution in [-0.2, 0) is 0 Å². The molecule has 0 fully saturated rings. The standard InChI is InChI=1S/C14H11ClN2O/c1-8-5-12-13(17-14(18)16-12)7-11(8)9-3-2-4-10(15)6-9/h2-7H,1H3,(H2,16,17,18). The first-order valence-electron chi connectivity index (χ1n) is 5.62. The van der Waals surface area contributed by atoms with Crippen molar-refractivity contribution in [2.75, 3.05) is 0 Å². The fourth-order valence-electron chi connectivity index (χ4n) is 2.16. The maximum atomic E-state index is 11.3. The van der Waals surface area contributed by atoms with E-state index in [1.54, 1.807) is 0 Å². The fraction of sp³-hybridized carbons (Fsp3) is 0.0714. The lowest BCUT2D eigenvalue weighted by atomic mass is 10.00. The van der Waals surface area contributed by atoms with E-state index in [0.29, 0.717) is 5.02 Å². The zero-order valence-electron chi connectivity index (χ0n) is 9.75. The molecule has 0 saturated carbocycles. The maximum absolute atomic E-state index is 11.3. The van der Waals surface area contributed by atoms with Crippen LogP contribution in [0.25, 0.3) is 22.2 Å². The molecule has 0 unspecified atom stereocenters. The maximum Gasteiger partial charge on any atom is 0.323 e. The highest BCUT2D eigenvalue weighted by Gasteiger charge is 2.06. The van der Waals surface area contributed by atoms with Gasteiger partial charge < -0.3 is 9.97 Å². The molecule has 0 spiro atoms. The molecular formula is C14H11ClN2O. The van der Waals surface area contributed by atoms with E-state index in [9.17, 15) is 4.79 Å². The quantitative estimate of drug-likeness (QED) is 0.690. The van der Waals surface area contributed by atoms with Crippen LogP contribution in [-0.4, -0.2) is 9.97 Å². The molecule has 0 saturated heterocycles. The molecule has 0 aliphatic rings. The third kappa shape index (κ3) is 1.83. The zero-order chi connectivity index (χ0) is 12.7. The first-order valence-corrected chi connectivity index (χ1v) is 6.00. The van der Waals surface area contributed by atoms with E-state index >= 15 is 0 Å². The average Bonchev–Trinajstić information content (AvgIpc) is 2.67. The summed E-state index contributed by atoms with van der Waals surface area (Å²) in [5.74, 6) is 0. The summed E-state index contributed by atoms with van der Waals surface area (Å²) in [6, 6.07) is 11.6. The van der Waals surface area contributed by atoms with Crippen molar-refractivity contribution < 1.29 is 0 Å². The van der Waals surface area contributed by atoms with Crippen molar-refractivity contribution in [3.05, 3.63) is 57.5 Å². The van der Waals surface area contributed by atoms with Gasteiger partial charge in [0.1, 0.15) is 0 Å². The third-order valence-electron chi connectivity index (χ3n) is 3.00. The summed E-state index contributed by atoms with van der Waals surface area (Å²) in [4.78, 5) is 16.8. The zero-order valence-corrected chi connectivity index (χ0v) is 10.5. The molecule has 0 aliphatic heterocycles. The first kappa shape index (κ1) is 11.1. The Morgan fingerprint density at radius 1 is 1.06 bits per heavy atom. The molecule has 90 valence electrons. The van der Waals surface area contributed by atoms with Crippen LogP contribution in [0.5, 0.6) is 0 Å². The predicted molar refractivity (Wildman–Crippen MR) is 74.1 cm³/mol. The molecule has 3 nitrogen and oxygen atoms in total. The lowest BCUT2D eigenvalue weighted by Gasteiger charge is -2.06. The third-order valence-corrected chi connectivity index (χ3v) is 3.23. The van der Waals surface area contributed by atoms with E-state index in [1.165, 1.54) is 0 Å². The van der Waals surface area contributed by atoms with Crippen molar-refractivity contribution in [1.82, 2.24) is 9.97 Å². The molecule has 0 atom stereocenters. The Labute approximate surface area is 108 Å². The van der Waals surface area contributed by atoms with Crippen LogP contribution in [0.1, 0.15) is 5.56 Å². The SMILES string of the molecule is Cc1cc2[nH]c(=O)[nH]c2cc1-c1cccc(Cl)c1. The van der Waals surface area contributed by atoms with Gasteiger partial charge in [-0.05, 0) is 47.9 Å². The van der Waals surface area contributed by atoms with Crippen LogP contribution in [0.3, 0.4) is 0 Å². The molecule has 0 amide bonds. The van der Waals surface area contributed by atoms with Crippen LogP contribution in [0.15, 0.2) is 41.2 Å². The van der Waals surface area contributed by atoms with Crippen LogP contribution in [0.4, 0.5) is 0 Å². The minimum Gasteiger partial charge on any atom is -0.306 e. The molecule has 18 heavy (non-hydrogen) atoms. The minimum atomic E-state index is -0.187. The Bertz CT molecular complexity index is 786. The molecule has 3 rings (SSSR count). The van der Waals surface area contributed by atoms with Gasteiger partial charge in [0, 0.05) is 5.02 Å². The summed E-state index contributed by atoms with van der Waals surface area (Å²) >= 11 is 6.01. The Kier molecular flexibility index (Phi) is 2.49. The summed E-state index contributed by atoms with van der Waals surface area (Å²) in [5.41, 5.74) is 4.65. The fourth-order valence-corrected chi connectivity index (χ4v) is 2.35. The van der Waals surface area contributed by atoms with Gasteiger partial charge in [-0.25, -0.2) is 4.79 Å². The van der Waals surface area contributed by atoms with Gasteiger partial charge in [0.25, 0.3) is 0 Å². The number of rotatable bonds is 1. The second-order valence-electron chi connectivity index (χ2n) is 4.30. The molecule has 4 heteroatoms. The molecule has 2 N–H and O–H groups in total. The van der Waals surface area contributed by atoms with E-state index in [-0.39, 0.29) is 5.69 Å². The molecule has 0 bridgehead atoms. The van der Waals surface area contributed by atoms with Gasteiger partial charge >= 0.3 is 5.69 Å². The number of fused-ring (bicyclic) bond motifs is 1. The van der Waals surface area contributed by atoms with E-state index in [0.717, 1.165) is 27.7 Å². The topological polar surface area (TPSA) is 48.6 Å². The second kappa shape index (κ2) is 4.03. The summed E-state index contributed by atoms with van der Waals surface area (Å²) in [5, 5.41) is 0.703. The van der Waals surface area contributed by atoms with Gasteiger partial charge in [-0.2, -0.15) is 0 Å². The van der Waals surface area contributed by atoms with Crippen molar-refractivity contribution in [3.8, 4) is 11.1 Å². The number of halogens is 1. The predicted octanol–water partition coefficient (Wildman–Crippen LogP) is 3.49. The van der Waals surface area contributed by atoms with Crippen molar-refractivity contribution in [1.29, 1.82) is 0 Å². The van der Waals surface area contributed by atoms with Crippen LogP contribution < -0.4 is 5.69 Å². The number of H-pyrrole nitrogens is 2. The first-order chi connectivity index (χ1) is 8.63. The Morgan fingerprint density at radius 2 is 1.78 bits per heavy atom. The van der Waals surface area contributed by atoms with E-state index in [4.69, 9.17) is 11.6 Å². The van der Waals surface area contributed by atoms with E-state index < -0.39 is 0 Å².